The van der Waals surface area contributed by atoms with E-state index in [-0.39, 0.29) is 0 Å². The number of aryl methyl sites for hydroxylation is 2. The molecule has 9 heavy (non-hydrogen) atoms. The summed E-state index contributed by atoms with van der Waals surface area (Å²) in [6, 6.07) is 2.17. The van der Waals surface area contributed by atoms with Crippen molar-refractivity contribution in [2.24, 2.45) is 0 Å². The first-order valence-corrected chi connectivity index (χ1v) is 3.45. The quantitative estimate of drug-likeness (QED) is 0.617. The lowest BCUT2D eigenvalue weighted by molar-refractivity contribution is 1.06. The van der Waals surface area contributed by atoms with Gasteiger partial charge in [0.2, 0.25) is 0 Å². The van der Waals surface area contributed by atoms with E-state index >= 15 is 0 Å². The van der Waals surface area contributed by atoms with Crippen LogP contribution >= 0.6 is 0 Å². The Morgan fingerprint density at radius 3 is 2.56 bits per heavy atom. The van der Waals surface area contributed by atoms with Gasteiger partial charge in [-0.15, -0.1) is 0 Å². The van der Waals surface area contributed by atoms with E-state index in [0.717, 1.165) is 12.8 Å². The molecule has 49 valence electrons. The van der Waals surface area contributed by atoms with Crippen LogP contribution in [-0.2, 0) is 12.8 Å². The standard InChI is InChI=1S/C8H12N/c1-3-7-5-8(4-2)9-6-7/h5,9H,3-4H2,1-2H3. The van der Waals surface area contributed by atoms with Crippen LogP contribution in [0.1, 0.15) is 25.1 Å². The van der Waals surface area contributed by atoms with Gasteiger partial charge in [0.05, 0.1) is 6.20 Å². The first-order valence-electron chi connectivity index (χ1n) is 3.45. The fourth-order valence-electron chi connectivity index (χ4n) is 0.824. The fraction of sp³-hybridized carbons (Fsp3) is 0.500. The van der Waals surface area contributed by atoms with E-state index in [0.29, 0.717) is 0 Å². The van der Waals surface area contributed by atoms with Gasteiger partial charge in [-0.25, -0.2) is 0 Å². The second-order valence-corrected chi connectivity index (χ2v) is 2.15. The van der Waals surface area contributed by atoms with E-state index in [1.54, 1.807) is 0 Å². The smallest absolute Gasteiger partial charge is 0.0656 e. The fourth-order valence-corrected chi connectivity index (χ4v) is 0.824. The van der Waals surface area contributed by atoms with Crippen molar-refractivity contribution in [1.29, 1.82) is 0 Å². The minimum Gasteiger partial charge on any atom is -0.357 e. The zero-order chi connectivity index (χ0) is 6.69. The average Bonchev–Trinajstić information content (AvgIpc) is 2.34. The zero-order valence-corrected chi connectivity index (χ0v) is 5.99. The SMILES string of the molecule is CCc1[c][nH]c(CC)c1. The number of hydrogen-bond acceptors (Lipinski definition) is 0. The first kappa shape index (κ1) is 6.40. The Labute approximate surface area is 56.1 Å². The molecule has 0 bridgehead atoms. The maximum Gasteiger partial charge on any atom is 0.0656 e. The number of nitrogens with one attached hydrogen (secondary N) is 1. The van der Waals surface area contributed by atoms with Crippen LogP contribution in [-0.4, -0.2) is 4.98 Å². The molecule has 0 aliphatic carbocycles. The van der Waals surface area contributed by atoms with Gasteiger partial charge in [-0.2, -0.15) is 0 Å². The Morgan fingerprint density at radius 1 is 1.44 bits per heavy atom. The number of rotatable bonds is 2. The molecule has 0 saturated carbocycles. The van der Waals surface area contributed by atoms with Gasteiger partial charge >= 0.3 is 0 Å². The summed E-state index contributed by atoms with van der Waals surface area (Å²) in [4.78, 5) is 3.08. The molecule has 1 rings (SSSR count). The molecule has 0 fully saturated rings. The summed E-state index contributed by atoms with van der Waals surface area (Å²) in [6.45, 7) is 4.28. The van der Waals surface area contributed by atoms with E-state index in [4.69, 9.17) is 0 Å². The molecule has 1 N–H and O–H groups in total. The highest BCUT2D eigenvalue weighted by atomic mass is 14.7. The maximum absolute atomic E-state index is 3.08. The molecule has 1 heteroatoms. The highest BCUT2D eigenvalue weighted by Crippen LogP contribution is 2.02. The predicted octanol–water partition coefficient (Wildman–Crippen LogP) is 1.94. The van der Waals surface area contributed by atoms with Gasteiger partial charge in [-0.1, -0.05) is 13.8 Å². The Balaban J connectivity index is 2.74. The molecular formula is C8H12N. The van der Waals surface area contributed by atoms with Gasteiger partial charge in [0, 0.05) is 5.69 Å². The van der Waals surface area contributed by atoms with Crippen molar-refractivity contribution in [2.75, 3.05) is 0 Å². The van der Waals surface area contributed by atoms with Crippen LogP contribution in [0.4, 0.5) is 0 Å². The van der Waals surface area contributed by atoms with Crippen LogP contribution in [0.5, 0.6) is 0 Å². The summed E-state index contributed by atoms with van der Waals surface area (Å²) >= 11 is 0. The average molecular weight is 122 g/mol. The Hall–Kier alpha value is -0.720. The minimum atomic E-state index is 1.08. The Kier molecular flexibility index (Phi) is 1.93. The van der Waals surface area contributed by atoms with E-state index in [1.165, 1.54) is 11.3 Å². The highest BCUT2D eigenvalue weighted by molar-refractivity contribution is 5.14. The van der Waals surface area contributed by atoms with Crippen molar-refractivity contribution in [3.05, 3.63) is 23.5 Å². The van der Waals surface area contributed by atoms with E-state index in [9.17, 15) is 0 Å². The van der Waals surface area contributed by atoms with Crippen molar-refractivity contribution in [3.8, 4) is 0 Å². The molecule has 0 aliphatic rings. The summed E-state index contributed by atoms with van der Waals surface area (Å²) in [5.74, 6) is 0. The molecular weight excluding hydrogens is 110 g/mol. The van der Waals surface area contributed by atoms with Crippen molar-refractivity contribution >= 4 is 0 Å². The van der Waals surface area contributed by atoms with Crippen molar-refractivity contribution in [1.82, 2.24) is 4.98 Å². The van der Waals surface area contributed by atoms with Crippen LogP contribution in [0.15, 0.2) is 6.07 Å². The molecule has 1 aromatic heterocycles. The summed E-state index contributed by atoms with van der Waals surface area (Å²) in [7, 11) is 0. The van der Waals surface area contributed by atoms with Crippen LogP contribution in [0.3, 0.4) is 0 Å². The van der Waals surface area contributed by atoms with Crippen molar-refractivity contribution in [3.63, 3.8) is 0 Å². The Morgan fingerprint density at radius 2 is 2.22 bits per heavy atom. The van der Waals surface area contributed by atoms with Crippen LogP contribution in [0, 0.1) is 6.20 Å². The molecule has 0 saturated heterocycles. The third-order valence-corrected chi connectivity index (χ3v) is 1.49. The monoisotopic (exact) mass is 122 g/mol. The van der Waals surface area contributed by atoms with E-state index in [2.05, 4.69) is 31.1 Å². The van der Waals surface area contributed by atoms with Gasteiger partial charge in [-0.3, -0.25) is 0 Å². The van der Waals surface area contributed by atoms with Gasteiger partial charge in [0.1, 0.15) is 0 Å². The maximum atomic E-state index is 3.08. The van der Waals surface area contributed by atoms with Crippen LogP contribution in [0.25, 0.3) is 0 Å². The Bertz CT molecular complexity index is 158. The van der Waals surface area contributed by atoms with Crippen LogP contribution in [0.2, 0.25) is 0 Å². The van der Waals surface area contributed by atoms with E-state index in [1.807, 2.05) is 0 Å². The van der Waals surface area contributed by atoms with E-state index < -0.39 is 0 Å². The highest BCUT2D eigenvalue weighted by Gasteiger charge is 1.92. The third kappa shape index (κ3) is 1.35. The molecule has 0 unspecified atom stereocenters. The summed E-state index contributed by atoms with van der Waals surface area (Å²) in [6.07, 6.45) is 5.24. The van der Waals surface area contributed by atoms with Gasteiger partial charge in [0.25, 0.3) is 0 Å². The molecule has 0 aromatic carbocycles. The number of aromatic amines is 1. The molecule has 1 aromatic rings. The summed E-state index contributed by atoms with van der Waals surface area (Å²) in [5, 5.41) is 0. The molecule has 0 aliphatic heterocycles. The second kappa shape index (κ2) is 2.72. The predicted molar refractivity (Wildman–Crippen MR) is 38.4 cm³/mol. The summed E-state index contributed by atoms with van der Waals surface area (Å²) < 4.78 is 0. The van der Waals surface area contributed by atoms with Crippen molar-refractivity contribution < 1.29 is 0 Å². The lowest BCUT2D eigenvalue weighted by Crippen LogP contribution is -1.74. The van der Waals surface area contributed by atoms with Crippen LogP contribution < -0.4 is 0 Å². The number of hydrogen-bond donors (Lipinski definition) is 1. The molecule has 0 amide bonds. The van der Waals surface area contributed by atoms with Gasteiger partial charge in [-0.05, 0) is 24.5 Å². The topological polar surface area (TPSA) is 15.8 Å². The molecule has 0 spiro atoms. The number of H-pyrrole nitrogens is 1. The van der Waals surface area contributed by atoms with Crippen molar-refractivity contribution in [2.45, 2.75) is 26.7 Å². The minimum absolute atomic E-state index is 1.08. The van der Waals surface area contributed by atoms with Gasteiger partial charge < -0.3 is 4.98 Å². The summed E-state index contributed by atoms with van der Waals surface area (Å²) in [5.41, 5.74) is 2.57. The lowest BCUT2D eigenvalue weighted by atomic mass is 10.2. The number of aromatic nitrogens is 1. The molecule has 1 nitrogen and oxygen atoms in total. The zero-order valence-electron chi connectivity index (χ0n) is 5.99. The molecule has 1 radical (unpaired) electrons. The lowest BCUT2D eigenvalue weighted by Gasteiger charge is -1.83. The largest absolute Gasteiger partial charge is 0.357 e. The van der Waals surface area contributed by atoms with Gasteiger partial charge in [0.15, 0.2) is 0 Å². The molecule has 1 heterocycles. The first-order chi connectivity index (χ1) is 4.36. The second-order valence-electron chi connectivity index (χ2n) is 2.15. The molecule has 0 atom stereocenters. The normalized spacial score (nSPS) is 10.0. The third-order valence-electron chi connectivity index (χ3n) is 1.49.